The summed E-state index contributed by atoms with van der Waals surface area (Å²) in [6, 6.07) is 6.76. The SMILES string of the molecule is CC1CCN(CCNc2nc(C(F)(F)F)nc3ccccc23)CC1. The first-order chi connectivity index (χ1) is 11.4. The van der Waals surface area contributed by atoms with Crippen molar-refractivity contribution in [3.8, 4) is 0 Å². The lowest BCUT2D eigenvalue weighted by Crippen LogP contribution is -2.36. The number of fused-ring (bicyclic) bond motifs is 1. The largest absolute Gasteiger partial charge is 0.451 e. The van der Waals surface area contributed by atoms with Gasteiger partial charge in [-0.2, -0.15) is 13.2 Å². The van der Waals surface area contributed by atoms with Gasteiger partial charge in [-0.3, -0.25) is 0 Å². The summed E-state index contributed by atoms with van der Waals surface area (Å²) in [6.45, 7) is 5.70. The van der Waals surface area contributed by atoms with Crippen LogP contribution in [0.25, 0.3) is 10.9 Å². The second-order valence-corrected chi connectivity index (χ2v) is 6.36. The Morgan fingerprint density at radius 2 is 1.88 bits per heavy atom. The Morgan fingerprint density at radius 3 is 2.58 bits per heavy atom. The van der Waals surface area contributed by atoms with Crippen LogP contribution < -0.4 is 5.32 Å². The predicted octanol–water partition coefficient (Wildman–Crippen LogP) is 3.79. The van der Waals surface area contributed by atoms with E-state index in [0.29, 0.717) is 17.4 Å². The van der Waals surface area contributed by atoms with E-state index in [4.69, 9.17) is 0 Å². The zero-order valence-electron chi connectivity index (χ0n) is 13.6. The van der Waals surface area contributed by atoms with E-state index in [1.807, 2.05) is 0 Å². The van der Waals surface area contributed by atoms with E-state index in [0.717, 1.165) is 25.6 Å². The summed E-state index contributed by atoms with van der Waals surface area (Å²) in [4.78, 5) is 9.66. The third-order valence-electron chi connectivity index (χ3n) is 4.45. The van der Waals surface area contributed by atoms with Gasteiger partial charge in [0.2, 0.25) is 5.82 Å². The highest BCUT2D eigenvalue weighted by atomic mass is 19.4. The third kappa shape index (κ3) is 3.95. The molecule has 0 bridgehead atoms. The molecule has 24 heavy (non-hydrogen) atoms. The molecule has 0 aliphatic carbocycles. The first-order valence-electron chi connectivity index (χ1n) is 8.23. The molecule has 2 heterocycles. The van der Waals surface area contributed by atoms with Crippen LogP contribution in [-0.4, -0.2) is 41.0 Å². The molecule has 130 valence electrons. The molecule has 1 aliphatic rings. The summed E-state index contributed by atoms with van der Waals surface area (Å²) < 4.78 is 39.0. The number of hydrogen-bond donors (Lipinski definition) is 1. The molecule has 3 rings (SSSR count). The van der Waals surface area contributed by atoms with Gasteiger partial charge in [0, 0.05) is 18.5 Å². The number of anilines is 1. The first-order valence-corrected chi connectivity index (χ1v) is 8.23. The highest BCUT2D eigenvalue weighted by molar-refractivity contribution is 5.89. The molecule has 0 radical (unpaired) electrons. The Morgan fingerprint density at radius 1 is 1.17 bits per heavy atom. The lowest BCUT2D eigenvalue weighted by atomic mass is 9.99. The maximum absolute atomic E-state index is 13.0. The Hall–Kier alpha value is -1.89. The number of halogens is 3. The Labute approximate surface area is 139 Å². The van der Waals surface area contributed by atoms with Gasteiger partial charge in [-0.05, 0) is 44.0 Å². The number of likely N-dealkylation sites (tertiary alicyclic amines) is 1. The van der Waals surface area contributed by atoms with Crippen LogP contribution in [0.4, 0.5) is 19.0 Å². The van der Waals surface area contributed by atoms with E-state index in [2.05, 4.69) is 27.1 Å². The first kappa shape index (κ1) is 17.0. The summed E-state index contributed by atoms with van der Waals surface area (Å²) in [6.07, 6.45) is -2.20. The molecule has 0 spiro atoms. The van der Waals surface area contributed by atoms with E-state index in [9.17, 15) is 13.2 Å². The number of hydrogen-bond acceptors (Lipinski definition) is 4. The maximum Gasteiger partial charge on any atom is 0.451 e. The van der Waals surface area contributed by atoms with Gasteiger partial charge in [0.25, 0.3) is 0 Å². The van der Waals surface area contributed by atoms with Crippen molar-refractivity contribution in [3.05, 3.63) is 30.1 Å². The second-order valence-electron chi connectivity index (χ2n) is 6.36. The molecule has 1 aromatic heterocycles. The number of nitrogens with zero attached hydrogens (tertiary/aromatic N) is 3. The number of para-hydroxylation sites is 1. The van der Waals surface area contributed by atoms with Gasteiger partial charge in [0.05, 0.1) is 5.52 Å². The molecule has 1 N–H and O–H groups in total. The van der Waals surface area contributed by atoms with Gasteiger partial charge in [-0.1, -0.05) is 19.1 Å². The van der Waals surface area contributed by atoms with E-state index < -0.39 is 12.0 Å². The van der Waals surface area contributed by atoms with Crippen LogP contribution in [0.3, 0.4) is 0 Å². The van der Waals surface area contributed by atoms with E-state index >= 15 is 0 Å². The molecule has 7 heteroatoms. The molecule has 1 aromatic carbocycles. The normalized spacial score (nSPS) is 17.3. The van der Waals surface area contributed by atoms with Crippen molar-refractivity contribution in [2.24, 2.45) is 5.92 Å². The zero-order valence-corrected chi connectivity index (χ0v) is 13.6. The Bertz CT molecular complexity index is 694. The average Bonchev–Trinajstić information content (AvgIpc) is 2.55. The van der Waals surface area contributed by atoms with Crippen molar-refractivity contribution in [2.75, 3.05) is 31.5 Å². The minimum absolute atomic E-state index is 0.248. The minimum Gasteiger partial charge on any atom is -0.368 e. The van der Waals surface area contributed by atoms with E-state index in [1.165, 1.54) is 12.8 Å². The minimum atomic E-state index is -4.55. The van der Waals surface area contributed by atoms with Gasteiger partial charge in [0.1, 0.15) is 5.82 Å². The molecule has 1 fully saturated rings. The van der Waals surface area contributed by atoms with Crippen LogP contribution in [0.5, 0.6) is 0 Å². The van der Waals surface area contributed by atoms with Crippen molar-refractivity contribution in [1.29, 1.82) is 0 Å². The topological polar surface area (TPSA) is 41.0 Å². The molecular weight excluding hydrogens is 317 g/mol. The van der Waals surface area contributed by atoms with Gasteiger partial charge in [0.15, 0.2) is 0 Å². The summed E-state index contributed by atoms with van der Waals surface area (Å²) in [5.74, 6) is -0.0943. The molecule has 0 atom stereocenters. The van der Waals surface area contributed by atoms with Gasteiger partial charge < -0.3 is 10.2 Å². The fraction of sp³-hybridized carbons (Fsp3) is 0.529. The number of aromatic nitrogens is 2. The summed E-state index contributed by atoms with van der Waals surface area (Å²) in [5, 5.41) is 3.67. The van der Waals surface area contributed by atoms with Crippen molar-refractivity contribution >= 4 is 16.7 Å². The number of benzene rings is 1. The van der Waals surface area contributed by atoms with E-state index in [1.54, 1.807) is 24.3 Å². The average molecular weight is 338 g/mol. The standard InChI is InChI=1S/C17H21F3N4/c1-12-6-9-24(10-7-12)11-8-21-15-13-4-2-3-5-14(13)22-16(23-15)17(18,19)20/h2-5,12H,6-11H2,1H3,(H,21,22,23). The van der Waals surface area contributed by atoms with Gasteiger partial charge >= 0.3 is 6.18 Å². The zero-order chi connectivity index (χ0) is 17.2. The molecular formula is C17H21F3N4. The molecule has 0 saturated carbocycles. The molecule has 1 aliphatic heterocycles. The number of alkyl halides is 3. The van der Waals surface area contributed by atoms with Crippen molar-refractivity contribution in [1.82, 2.24) is 14.9 Å². The fourth-order valence-corrected chi connectivity index (χ4v) is 2.96. The van der Waals surface area contributed by atoms with Crippen molar-refractivity contribution < 1.29 is 13.2 Å². The van der Waals surface area contributed by atoms with Crippen LogP contribution in [0.2, 0.25) is 0 Å². The van der Waals surface area contributed by atoms with Gasteiger partial charge in [-0.25, -0.2) is 9.97 Å². The number of piperidine rings is 1. The predicted molar refractivity (Wildman–Crippen MR) is 87.9 cm³/mol. The Balaban J connectivity index is 1.73. The second kappa shape index (κ2) is 6.93. The smallest absolute Gasteiger partial charge is 0.368 e. The van der Waals surface area contributed by atoms with Crippen LogP contribution >= 0.6 is 0 Å². The highest BCUT2D eigenvalue weighted by Gasteiger charge is 2.35. The summed E-state index contributed by atoms with van der Waals surface area (Å²) in [7, 11) is 0. The third-order valence-corrected chi connectivity index (χ3v) is 4.45. The van der Waals surface area contributed by atoms with Gasteiger partial charge in [-0.15, -0.1) is 0 Å². The molecule has 0 amide bonds. The summed E-state index contributed by atoms with van der Waals surface area (Å²) >= 11 is 0. The maximum atomic E-state index is 13.0. The number of nitrogens with one attached hydrogen (secondary N) is 1. The lowest BCUT2D eigenvalue weighted by Gasteiger charge is -2.30. The van der Waals surface area contributed by atoms with Crippen LogP contribution in [0, 0.1) is 5.92 Å². The monoisotopic (exact) mass is 338 g/mol. The van der Waals surface area contributed by atoms with E-state index in [-0.39, 0.29) is 5.82 Å². The van der Waals surface area contributed by atoms with Crippen LogP contribution in [0.1, 0.15) is 25.6 Å². The highest BCUT2D eigenvalue weighted by Crippen LogP contribution is 2.30. The number of rotatable bonds is 4. The Kier molecular flexibility index (Phi) is 4.89. The summed E-state index contributed by atoms with van der Waals surface area (Å²) in [5.41, 5.74) is 0.300. The van der Waals surface area contributed by atoms with Crippen molar-refractivity contribution in [3.63, 3.8) is 0 Å². The fourth-order valence-electron chi connectivity index (χ4n) is 2.96. The quantitative estimate of drug-likeness (QED) is 0.921. The van der Waals surface area contributed by atoms with Crippen LogP contribution in [-0.2, 0) is 6.18 Å². The molecule has 4 nitrogen and oxygen atoms in total. The van der Waals surface area contributed by atoms with Crippen molar-refractivity contribution in [2.45, 2.75) is 25.9 Å². The molecule has 2 aromatic rings. The molecule has 1 saturated heterocycles. The lowest BCUT2D eigenvalue weighted by molar-refractivity contribution is -0.144. The van der Waals surface area contributed by atoms with Crippen LogP contribution in [0.15, 0.2) is 24.3 Å². The molecule has 0 unspecified atom stereocenters.